The van der Waals surface area contributed by atoms with Crippen molar-refractivity contribution in [1.29, 1.82) is 0 Å². The third-order valence-electron chi connectivity index (χ3n) is 1.84. The Balaban J connectivity index is 2.42. The largest absolute Gasteiger partial charge is 0.374 e. The van der Waals surface area contributed by atoms with E-state index < -0.39 is 6.23 Å². The van der Waals surface area contributed by atoms with Crippen LogP contribution in [0.1, 0.15) is 16.9 Å². The number of thiazole rings is 1. The van der Waals surface area contributed by atoms with Crippen LogP contribution in [0.3, 0.4) is 0 Å². The van der Waals surface area contributed by atoms with Gasteiger partial charge in [-0.15, -0.1) is 11.3 Å². The molecule has 0 amide bonds. The van der Waals surface area contributed by atoms with Gasteiger partial charge in [0.05, 0.1) is 4.88 Å². The van der Waals surface area contributed by atoms with E-state index in [0.29, 0.717) is 26.6 Å². The first-order chi connectivity index (χ1) is 7.56. The molecule has 0 aliphatic rings. The Bertz CT molecular complexity index is 494. The first kappa shape index (κ1) is 11.4. The molecule has 0 spiro atoms. The Kier molecular flexibility index (Phi) is 3.15. The van der Waals surface area contributed by atoms with E-state index in [1.165, 1.54) is 17.5 Å². The molecule has 84 valence electrons. The molecule has 0 aliphatic heterocycles. The van der Waals surface area contributed by atoms with Crippen LogP contribution in [0.25, 0.3) is 10.7 Å². The summed E-state index contributed by atoms with van der Waals surface area (Å²) < 4.78 is 0. The summed E-state index contributed by atoms with van der Waals surface area (Å²) in [7, 11) is 0. The second-order valence-electron chi connectivity index (χ2n) is 3.14. The summed E-state index contributed by atoms with van der Waals surface area (Å²) in [4.78, 5) is 12.9. The first-order valence-corrected chi connectivity index (χ1v) is 5.66. The highest BCUT2D eigenvalue weighted by molar-refractivity contribution is 7.15. The lowest BCUT2D eigenvalue weighted by atomic mass is 10.4. The maximum Gasteiger partial charge on any atom is 0.142 e. The van der Waals surface area contributed by atoms with Gasteiger partial charge < -0.3 is 10.8 Å². The average molecular weight is 257 g/mol. The number of rotatable bonds is 2. The average Bonchev–Trinajstić information content (AvgIpc) is 2.64. The molecule has 0 saturated heterocycles. The number of nitrogens with zero attached hydrogens (tertiary/aromatic N) is 3. The molecule has 5 nitrogen and oxygen atoms in total. The van der Waals surface area contributed by atoms with Gasteiger partial charge in [0, 0.05) is 12.3 Å². The van der Waals surface area contributed by atoms with Crippen LogP contribution in [-0.4, -0.2) is 20.1 Å². The monoisotopic (exact) mass is 256 g/mol. The van der Waals surface area contributed by atoms with Gasteiger partial charge in [-0.2, -0.15) is 0 Å². The minimum absolute atomic E-state index is 0.368. The fourth-order valence-corrected chi connectivity index (χ4v) is 2.17. The minimum atomic E-state index is -1.01. The van der Waals surface area contributed by atoms with Crippen molar-refractivity contribution >= 4 is 22.9 Å². The van der Waals surface area contributed by atoms with E-state index in [2.05, 4.69) is 15.0 Å². The van der Waals surface area contributed by atoms with Gasteiger partial charge in [-0.05, 0) is 6.92 Å². The number of aliphatic hydroxyl groups is 1. The zero-order valence-electron chi connectivity index (χ0n) is 8.38. The molecule has 1 atom stereocenters. The van der Waals surface area contributed by atoms with Crippen molar-refractivity contribution in [3.63, 3.8) is 0 Å². The quantitative estimate of drug-likeness (QED) is 0.628. The molecular formula is C9H9ClN4OS. The van der Waals surface area contributed by atoms with Gasteiger partial charge in [0.1, 0.15) is 27.9 Å². The normalized spacial score (nSPS) is 12.8. The Hall–Kier alpha value is -1.08. The molecule has 1 unspecified atom stereocenters. The SMILES string of the molecule is Cc1nc(Cl)cc(-c2ncc(C(N)O)s2)n1. The number of hydrogen-bond acceptors (Lipinski definition) is 6. The van der Waals surface area contributed by atoms with Crippen LogP contribution >= 0.6 is 22.9 Å². The molecule has 0 bridgehead atoms. The highest BCUT2D eigenvalue weighted by Gasteiger charge is 2.11. The molecule has 3 N–H and O–H groups in total. The fraction of sp³-hybridized carbons (Fsp3) is 0.222. The van der Waals surface area contributed by atoms with Gasteiger partial charge in [-0.1, -0.05) is 11.6 Å². The molecule has 0 aromatic carbocycles. The standard InChI is InChI=1S/C9H9ClN4OS/c1-4-13-5(2-7(10)14-4)9-12-3-6(16-9)8(11)15/h2-3,8,15H,11H2,1H3. The number of halogens is 1. The van der Waals surface area contributed by atoms with Crippen molar-refractivity contribution in [2.24, 2.45) is 5.73 Å². The van der Waals surface area contributed by atoms with Gasteiger partial charge in [0.25, 0.3) is 0 Å². The molecule has 2 rings (SSSR count). The molecule has 0 fully saturated rings. The second-order valence-corrected chi connectivity index (χ2v) is 4.59. The van der Waals surface area contributed by atoms with Crippen LogP contribution in [0.4, 0.5) is 0 Å². The Morgan fingerprint density at radius 3 is 2.81 bits per heavy atom. The summed E-state index contributed by atoms with van der Waals surface area (Å²) in [5, 5.41) is 10.2. The molecule has 7 heteroatoms. The van der Waals surface area contributed by atoms with E-state index in [-0.39, 0.29) is 0 Å². The van der Waals surface area contributed by atoms with Crippen molar-refractivity contribution in [3.8, 4) is 10.7 Å². The van der Waals surface area contributed by atoms with Gasteiger partial charge in [0.15, 0.2) is 0 Å². The zero-order chi connectivity index (χ0) is 11.7. The van der Waals surface area contributed by atoms with Crippen LogP contribution in [0.2, 0.25) is 5.15 Å². The summed E-state index contributed by atoms with van der Waals surface area (Å²) >= 11 is 7.10. The van der Waals surface area contributed by atoms with Crippen molar-refractivity contribution in [3.05, 3.63) is 28.1 Å². The van der Waals surface area contributed by atoms with E-state index in [9.17, 15) is 5.11 Å². The summed E-state index contributed by atoms with van der Waals surface area (Å²) in [5.74, 6) is 0.576. The lowest BCUT2D eigenvalue weighted by Crippen LogP contribution is -2.05. The molecule has 0 saturated carbocycles. The molecular weight excluding hydrogens is 248 g/mol. The number of aromatic nitrogens is 3. The highest BCUT2D eigenvalue weighted by Crippen LogP contribution is 2.27. The van der Waals surface area contributed by atoms with Crippen molar-refractivity contribution < 1.29 is 5.11 Å². The predicted octanol–water partition coefficient (Wildman–Crippen LogP) is 1.51. The molecule has 2 heterocycles. The number of aryl methyl sites for hydroxylation is 1. The van der Waals surface area contributed by atoms with E-state index >= 15 is 0 Å². The molecule has 16 heavy (non-hydrogen) atoms. The molecule has 2 aromatic rings. The van der Waals surface area contributed by atoms with E-state index in [0.717, 1.165) is 0 Å². The maximum atomic E-state index is 9.18. The van der Waals surface area contributed by atoms with Gasteiger partial charge in [-0.25, -0.2) is 15.0 Å². The van der Waals surface area contributed by atoms with Crippen molar-refractivity contribution in [2.75, 3.05) is 0 Å². The van der Waals surface area contributed by atoms with Gasteiger partial charge in [0.2, 0.25) is 0 Å². The summed E-state index contributed by atoms with van der Waals surface area (Å²) in [5.41, 5.74) is 5.97. The number of nitrogens with two attached hydrogens (primary N) is 1. The van der Waals surface area contributed by atoms with Gasteiger partial charge in [-0.3, -0.25) is 0 Å². The molecule has 0 aliphatic carbocycles. The van der Waals surface area contributed by atoms with Gasteiger partial charge >= 0.3 is 0 Å². The third kappa shape index (κ3) is 2.35. The number of aliphatic hydroxyl groups excluding tert-OH is 1. The van der Waals surface area contributed by atoms with E-state index in [4.69, 9.17) is 17.3 Å². The summed E-state index contributed by atoms with van der Waals surface area (Å²) in [6, 6.07) is 1.63. The zero-order valence-corrected chi connectivity index (χ0v) is 9.96. The molecule has 0 radical (unpaired) electrons. The van der Waals surface area contributed by atoms with E-state index in [1.807, 2.05) is 0 Å². The van der Waals surface area contributed by atoms with E-state index in [1.54, 1.807) is 13.0 Å². The van der Waals surface area contributed by atoms with Crippen LogP contribution in [0, 0.1) is 6.92 Å². The summed E-state index contributed by atoms with van der Waals surface area (Å²) in [6.07, 6.45) is 0.514. The van der Waals surface area contributed by atoms with Crippen LogP contribution in [-0.2, 0) is 0 Å². The van der Waals surface area contributed by atoms with Crippen LogP contribution in [0.15, 0.2) is 12.3 Å². The lowest BCUT2D eigenvalue weighted by Gasteiger charge is -1.99. The first-order valence-electron chi connectivity index (χ1n) is 4.47. The highest BCUT2D eigenvalue weighted by atomic mass is 35.5. The van der Waals surface area contributed by atoms with Crippen LogP contribution < -0.4 is 5.73 Å². The maximum absolute atomic E-state index is 9.18. The molecule has 2 aromatic heterocycles. The predicted molar refractivity (Wildman–Crippen MR) is 62.0 cm³/mol. The Morgan fingerprint density at radius 2 is 2.25 bits per heavy atom. The topological polar surface area (TPSA) is 84.9 Å². The number of hydrogen-bond donors (Lipinski definition) is 2. The van der Waals surface area contributed by atoms with Crippen molar-refractivity contribution in [1.82, 2.24) is 15.0 Å². The third-order valence-corrected chi connectivity index (χ3v) is 3.13. The Labute approximate surface area is 101 Å². The fourth-order valence-electron chi connectivity index (χ4n) is 1.18. The second kappa shape index (κ2) is 4.42. The Morgan fingerprint density at radius 1 is 1.50 bits per heavy atom. The van der Waals surface area contributed by atoms with Crippen LogP contribution in [0.5, 0.6) is 0 Å². The van der Waals surface area contributed by atoms with Crippen molar-refractivity contribution in [2.45, 2.75) is 13.2 Å². The smallest absolute Gasteiger partial charge is 0.142 e. The lowest BCUT2D eigenvalue weighted by molar-refractivity contribution is 0.190. The minimum Gasteiger partial charge on any atom is -0.374 e. The summed E-state index contributed by atoms with van der Waals surface area (Å²) in [6.45, 7) is 1.75.